The number of nitrogens with zero attached hydrogens (tertiary/aromatic N) is 1. The van der Waals surface area contributed by atoms with Crippen LogP contribution in [0.15, 0.2) is 30.6 Å². The molecule has 0 fully saturated rings. The van der Waals surface area contributed by atoms with E-state index in [4.69, 9.17) is 23.2 Å². The molecule has 0 bridgehead atoms. The fourth-order valence-corrected chi connectivity index (χ4v) is 2.20. The van der Waals surface area contributed by atoms with Gasteiger partial charge in [-0.1, -0.05) is 23.2 Å². The molecule has 0 unspecified atom stereocenters. The number of rotatable bonds is 4. The van der Waals surface area contributed by atoms with Gasteiger partial charge in [-0.05, 0) is 18.2 Å². The molecule has 1 aromatic heterocycles. The average molecular weight is 299 g/mol. The van der Waals surface area contributed by atoms with E-state index in [-0.39, 0.29) is 17.4 Å². The van der Waals surface area contributed by atoms with Crippen LogP contribution in [0.5, 0.6) is 5.75 Å². The number of aromatic nitrogens is 1. The largest absolute Gasteiger partial charge is 0.506 e. The summed E-state index contributed by atoms with van der Waals surface area (Å²) in [7, 11) is 0. The van der Waals surface area contributed by atoms with E-state index in [0.717, 1.165) is 5.56 Å². The van der Waals surface area contributed by atoms with Gasteiger partial charge in [0, 0.05) is 28.9 Å². The number of hydrogen-bond acceptors (Lipinski definition) is 4. The summed E-state index contributed by atoms with van der Waals surface area (Å²) in [4.78, 5) is 3.97. The molecule has 0 saturated carbocycles. The average Bonchev–Trinajstić information content (AvgIpc) is 2.41. The first-order chi connectivity index (χ1) is 9.11. The molecule has 0 radical (unpaired) electrons. The van der Waals surface area contributed by atoms with Gasteiger partial charge in [-0.15, -0.1) is 0 Å². The van der Waals surface area contributed by atoms with E-state index in [1.807, 2.05) is 0 Å². The number of phenolic OH excluding ortho intramolecular Hbond substituents is 1. The predicted molar refractivity (Wildman–Crippen MR) is 75.6 cm³/mol. The lowest BCUT2D eigenvalue weighted by molar-refractivity contribution is 0.282. The second kappa shape index (κ2) is 6.10. The lowest BCUT2D eigenvalue weighted by Crippen LogP contribution is -2.03. The maximum atomic E-state index is 9.83. The molecule has 0 aliphatic rings. The van der Waals surface area contributed by atoms with Crippen molar-refractivity contribution in [3.05, 3.63) is 51.8 Å². The number of aliphatic hydroxyl groups excluding tert-OH is 1. The van der Waals surface area contributed by atoms with Gasteiger partial charge >= 0.3 is 0 Å². The third-order valence-electron chi connectivity index (χ3n) is 2.66. The van der Waals surface area contributed by atoms with Gasteiger partial charge in [-0.2, -0.15) is 0 Å². The highest BCUT2D eigenvalue weighted by Gasteiger charge is 2.08. The van der Waals surface area contributed by atoms with Crippen molar-refractivity contribution >= 4 is 28.9 Å². The first-order valence-electron chi connectivity index (χ1n) is 5.56. The number of halogens is 2. The van der Waals surface area contributed by atoms with Crippen LogP contribution in [0.2, 0.25) is 10.0 Å². The second-order valence-corrected chi connectivity index (χ2v) is 4.78. The molecule has 3 N–H and O–H groups in total. The fourth-order valence-electron chi connectivity index (χ4n) is 1.66. The Morgan fingerprint density at radius 1 is 1.21 bits per heavy atom. The van der Waals surface area contributed by atoms with Crippen LogP contribution < -0.4 is 5.32 Å². The van der Waals surface area contributed by atoms with E-state index >= 15 is 0 Å². The summed E-state index contributed by atoms with van der Waals surface area (Å²) in [6, 6.07) is 4.82. The zero-order chi connectivity index (χ0) is 13.8. The number of aromatic hydroxyl groups is 1. The maximum absolute atomic E-state index is 9.83. The van der Waals surface area contributed by atoms with Crippen molar-refractivity contribution in [3.63, 3.8) is 0 Å². The topological polar surface area (TPSA) is 65.4 Å². The van der Waals surface area contributed by atoms with Gasteiger partial charge in [0.1, 0.15) is 5.75 Å². The molecule has 1 aromatic carbocycles. The minimum atomic E-state index is -0.0901. The van der Waals surface area contributed by atoms with Gasteiger partial charge in [0.05, 0.1) is 23.5 Å². The summed E-state index contributed by atoms with van der Waals surface area (Å²) in [5, 5.41) is 22.8. The summed E-state index contributed by atoms with van der Waals surface area (Å²) in [5.74, 6) is -0.00648. The van der Waals surface area contributed by atoms with Gasteiger partial charge in [-0.25, -0.2) is 0 Å². The molecule has 0 aliphatic heterocycles. The van der Waals surface area contributed by atoms with E-state index < -0.39 is 0 Å². The number of benzene rings is 1. The Labute approximate surface area is 120 Å². The Morgan fingerprint density at radius 3 is 2.74 bits per heavy atom. The van der Waals surface area contributed by atoms with Crippen LogP contribution in [0, 0.1) is 0 Å². The van der Waals surface area contributed by atoms with Crippen LogP contribution in [-0.4, -0.2) is 15.2 Å². The molecule has 1 heterocycles. The van der Waals surface area contributed by atoms with Crippen molar-refractivity contribution in [2.24, 2.45) is 0 Å². The molecule has 0 saturated heterocycles. The van der Waals surface area contributed by atoms with Crippen LogP contribution >= 0.6 is 23.2 Å². The molecule has 100 valence electrons. The Hall–Kier alpha value is -1.49. The minimum absolute atomic E-state index is 0.00648. The highest BCUT2D eigenvalue weighted by atomic mass is 35.5. The van der Waals surface area contributed by atoms with Crippen LogP contribution in [0.25, 0.3) is 0 Å². The number of phenols is 1. The summed E-state index contributed by atoms with van der Waals surface area (Å²) in [5.41, 5.74) is 1.99. The zero-order valence-corrected chi connectivity index (χ0v) is 11.4. The van der Waals surface area contributed by atoms with Crippen molar-refractivity contribution in [1.82, 2.24) is 4.98 Å². The first-order valence-corrected chi connectivity index (χ1v) is 6.32. The van der Waals surface area contributed by atoms with Crippen LogP contribution in [-0.2, 0) is 13.2 Å². The van der Waals surface area contributed by atoms with Crippen LogP contribution in [0.3, 0.4) is 0 Å². The maximum Gasteiger partial charge on any atom is 0.139 e. The summed E-state index contributed by atoms with van der Waals surface area (Å²) >= 11 is 11.7. The Bertz CT molecular complexity index is 591. The van der Waals surface area contributed by atoms with Gasteiger partial charge in [0.2, 0.25) is 0 Å². The zero-order valence-electron chi connectivity index (χ0n) is 9.90. The van der Waals surface area contributed by atoms with Crippen molar-refractivity contribution in [2.75, 3.05) is 5.32 Å². The summed E-state index contributed by atoms with van der Waals surface area (Å²) in [6.45, 7) is 0.234. The molecule has 0 atom stereocenters. The van der Waals surface area contributed by atoms with Crippen molar-refractivity contribution in [1.29, 1.82) is 0 Å². The second-order valence-electron chi connectivity index (χ2n) is 3.94. The number of hydrogen-bond donors (Lipinski definition) is 3. The molecule has 2 aromatic rings. The highest BCUT2D eigenvalue weighted by Crippen LogP contribution is 2.31. The highest BCUT2D eigenvalue weighted by molar-refractivity contribution is 6.35. The third-order valence-corrected chi connectivity index (χ3v) is 3.16. The third kappa shape index (κ3) is 3.29. The molecular weight excluding hydrogens is 287 g/mol. The molecule has 0 aliphatic carbocycles. The number of aliphatic hydroxyl groups is 1. The van der Waals surface area contributed by atoms with Gasteiger partial charge < -0.3 is 15.5 Å². The molecule has 2 rings (SSSR count). The van der Waals surface area contributed by atoms with Crippen molar-refractivity contribution in [3.8, 4) is 5.75 Å². The van der Waals surface area contributed by atoms with Crippen molar-refractivity contribution < 1.29 is 10.2 Å². The molecule has 0 amide bonds. The van der Waals surface area contributed by atoms with Crippen LogP contribution in [0.4, 0.5) is 5.69 Å². The van der Waals surface area contributed by atoms with E-state index in [0.29, 0.717) is 22.8 Å². The Kier molecular flexibility index (Phi) is 4.47. The quantitative estimate of drug-likeness (QED) is 0.811. The normalized spacial score (nSPS) is 10.5. The van der Waals surface area contributed by atoms with Gasteiger partial charge in [-0.3, -0.25) is 4.98 Å². The molecular formula is C13H12Cl2N2O2. The number of anilines is 1. The predicted octanol–water partition coefficient (Wildman–Crippen LogP) is 3.20. The Morgan fingerprint density at radius 2 is 2.00 bits per heavy atom. The molecule has 4 nitrogen and oxygen atoms in total. The summed E-state index contributed by atoms with van der Waals surface area (Å²) in [6.07, 6.45) is 3.21. The number of pyridine rings is 1. The molecule has 6 heteroatoms. The summed E-state index contributed by atoms with van der Waals surface area (Å²) < 4.78 is 0. The monoisotopic (exact) mass is 298 g/mol. The van der Waals surface area contributed by atoms with Gasteiger partial charge in [0.15, 0.2) is 0 Å². The first kappa shape index (κ1) is 13.9. The van der Waals surface area contributed by atoms with Crippen molar-refractivity contribution in [2.45, 2.75) is 13.2 Å². The smallest absolute Gasteiger partial charge is 0.139 e. The lowest BCUT2D eigenvalue weighted by Gasteiger charge is -2.12. The fraction of sp³-hybridized carbons (Fsp3) is 0.154. The molecule has 0 spiro atoms. The Balaban J connectivity index is 2.19. The van der Waals surface area contributed by atoms with E-state index in [1.54, 1.807) is 24.5 Å². The molecule has 19 heavy (non-hydrogen) atoms. The van der Waals surface area contributed by atoms with E-state index in [9.17, 15) is 10.2 Å². The van der Waals surface area contributed by atoms with Crippen LogP contribution in [0.1, 0.15) is 11.1 Å². The minimum Gasteiger partial charge on any atom is -0.506 e. The SMILES string of the molecule is OCc1ccncc1NCc1cc(Cl)cc(Cl)c1O. The van der Waals surface area contributed by atoms with E-state index in [2.05, 4.69) is 10.3 Å². The van der Waals surface area contributed by atoms with E-state index in [1.165, 1.54) is 6.07 Å². The number of nitrogens with one attached hydrogen (secondary N) is 1. The van der Waals surface area contributed by atoms with Gasteiger partial charge in [0.25, 0.3) is 0 Å². The lowest BCUT2D eigenvalue weighted by atomic mass is 10.2. The standard InChI is InChI=1S/C13H12Cl2N2O2/c14-10-3-9(13(19)11(15)4-10)5-17-12-6-16-2-1-8(12)7-18/h1-4,6,17-19H,5,7H2.